The van der Waals surface area contributed by atoms with E-state index in [2.05, 4.69) is 30.4 Å². The molecule has 4 aromatic rings. The van der Waals surface area contributed by atoms with Crippen LogP contribution in [0.15, 0.2) is 63.5 Å². The maximum atomic E-state index is 12.5. The van der Waals surface area contributed by atoms with Crippen molar-refractivity contribution in [3.63, 3.8) is 0 Å². The van der Waals surface area contributed by atoms with Crippen LogP contribution < -0.4 is 14.8 Å². The number of carbonyl (C=O) groups excluding carboxylic acids is 1. The van der Waals surface area contributed by atoms with Gasteiger partial charge in [-0.25, -0.2) is 8.42 Å². The maximum Gasteiger partial charge on any atom is 0.270 e. The number of ether oxygens (including phenoxy) is 1. The number of amides is 1. The van der Waals surface area contributed by atoms with E-state index < -0.39 is 15.9 Å². The van der Waals surface area contributed by atoms with Gasteiger partial charge in [0.15, 0.2) is 0 Å². The van der Waals surface area contributed by atoms with Crippen LogP contribution in [0.3, 0.4) is 0 Å². The van der Waals surface area contributed by atoms with E-state index in [1.165, 1.54) is 0 Å². The van der Waals surface area contributed by atoms with Gasteiger partial charge in [-0.05, 0) is 43.3 Å². The molecule has 2 N–H and O–H groups in total. The number of nitrogens with one attached hydrogen (secondary N) is 2. The zero-order chi connectivity index (χ0) is 23.3. The van der Waals surface area contributed by atoms with Crippen LogP contribution in [-0.2, 0) is 16.6 Å². The Morgan fingerprint density at radius 3 is 2.58 bits per heavy atom. The second kappa shape index (κ2) is 9.85. The third-order valence-corrected chi connectivity index (χ3v) is 6.81. The van der Waals surface area contributed by atoms with Crippen molar-refractivity contribution in [3.05, 3.63) is 66.1 Å². The van der Waals surface area contributed by atoms with Crippen LogP contribution in [0, 0.1) is 0 Å². The fraction of sp³-hybridized carbons (Fsp3) is 0.150. The second-order valence-corrected chi connectivity index (χ2v) is 9.41. The van der Waals surface area contributed by atoms with E-state index in [-0.39, 0.29) is 21.9 Å². The number of aromatic nitrogens is 4. The van der Waals surface area contributed by atoms with Crippen LogP contribution in [0.25, 0.3) is 11.4 Å². The quantitative estimate of drug-likeness (QED) is 0.340. The van der Waals surface area contributed by atoms with Gasteiger partial charge < -0.3 is 9.26 Å². The van der Waals surface area contributed by atoms with Crippen molar-refractivity contribution in [2.24, 2.45) is 0 Å². The highest BCUT2D eigenvalue weighted by atomic mass is 32.2. The Balaban J connectivity index is 1.37. The van der Waals surface area contributed by atoms with Gasteiger partial charge in [0.25, 0.3) is 15.9 Å². The van der Waals surface area contributed by atoms with Gasteiger partial charge in [-0.3, -0.25) is 10.1 Å². The molecule has 0 atom stereocenters. The van der Waals surface area contributed by atoms with Crippen LogP contribution in [0.1, 0.15) is 23.2 Å². The van der Waals surface area contributed by atoms with Gasteiger partial charge in [0.2, 0.25) is 21.2 Å². The molecule has 0 bridgehead atoms. The van der Waals surface area contributed by atoms with Crippen molar-refractivity contribution in [1.82, 2.24) is 25.1 Å². The summed E-state index contributed by atoms with van der Waals surface area (Å²) in [6.45, 7) is 2.21. The Bertz CT molecular complexity index is 1340. The van der Waals surface area contributed by atoms with E-state index in [0.29, 0.717) is 29.3 Å². The van der Waals surface area contributed by atoms with Crippen molar-refractivity contribution < 1.29 is 22.5 Å². The van der Waals surface area contributed by atoms with Crippen molar-refractivity contribution in [2.75, 3.05) is 11.9 Å². The van der Waals surface area contributed by atoms with Crippen LogP contribution in [0.4, 0.5) is 5.13 Å². The number of benzene rings is 2. The molecule has 2 heterocycles. The average Bonchev–Trinajstić information content (AvgIpc) is 3.49. The van der Waals surface area contributed by atoms with E-state index in [0.717, 1.165) is 11.3 Å². The molecule has 0 radical (unpaired) electrons. The Hall–Kier alpha value is -3.68. The first-order chi connectivity index (χ1) is 15.9. The smallest absolute Gasteiger partial charge is 0.270 e. The molecule has 0 unspecified atom stereocenters. The maximum absolute atomic E-state index is 12.5. The summed E-state index contributed by atoms with van der Waals surface area (Å²) in [5.74, 6) is 0.684. The normalized spacial score (nSPS) is 11.3. The summed E-state index contributed by atoms with van der Waals surface area (Å²) >= 11 is 0.722. The molecule has 2 aromatic heterocycles. The molecular weight excluding hydrogens is 468 g/mol. The summed E-state index contributed by atoms with van der Waals surface area (Å²) < 4.78 is 37.6. The second-order valence-electron chi connectivity index (χ2n) is 6.49. The van der Waals surface area contributed by atoms with Crippen molar-refractivity contribution in [3.8, 4) is 17.1 Å². The standard InChI is InChI=1S/C20H18N6O5S2/c1-2-30-15-10-8-13(9-11-15)17-22-16(31-26-17)12-21-33(28,29)20-25-24-19(32-20)23-18(27)14-6-4-3-5-7-14/h3-11,21H,2,12H2,1H3,(H,23,24,27). The zero-order valence-corrected chi connectivity index (χ0v) is 18.9. The highest BCUT2D eigenvalue weighted by Crippen LogP contribution is 2.22. The summed E-state index contributed by atoms with van der Waals surface area (Å²) in [7, 11) is -4.01. The van der Waals surface area contributed by atoms with Gasteiger partial charge in [0.05, 0.1) is 13.2 Å². The molecular formula is C20H18N6O5S2. The number of hydrogen-bond acceptors (Lipinski definition) is 10. The van der Waals surface area contributed by atoms with Gasteiger partial charge in [-0.15, -0.1) is 10.2 Å². The Morgan fingerprint density at radius 1 is 1.09 bits per heavy atom. The summed E-state index contributed by atoms with van der Waals surface area (Å²) in [4.78, 5) is 16.4. The van der Waals surface area contributed by atoms with Gasteiger partial charge in [-0.1, -0.05) is 34.7 Å². The Morgan fingerprint density at radius 2 is 1.85 bits per heavy atom. The van der Waals surface area contributed by atoms with Gasteiger partial charge >= 0.3 is 0 Å². The largest absolute Gasteiger partial charge is 0.494 e. The lowest BCUT2D eigenvalue weighted by Crippen LogP contribution is -2.23. The predicted molar refractivity (Wildman–Crippen MR) is 119 cm³/mol. The molecule has 0 saturated heterocycles. The molecule has 0 saturated carbocycles. The van der Waals surface area contributed by atoms with Gasteiger partial charge in [-0.2, -0.15) is 9.71 Å². The number of nitrogens with zero attached hydrogens (tertiary/aromatic N) is 4. The van der Waals surface area contributed by atoms with E-state index >= 15 is 0 Å². The lowest BCUT2D eigenvalue weighted by Gasteiger charge is -2.02. The van der Waals surface area contributed by atoms with E-state index in [4.69, 9.17) is 9.26 Å². The Labute approximate surface area is 192 Å². The number of hydrogen-bond donors (Lipinski definition) is 2. The SMILES string of the molecule is CCOc1ccc(-c2noc(CNS(=O)(=O)c3nnc(NC(=O)c4ccccc4)s3)n2)cc1. The predicted octanol–water partition coefficient (Wildman–Crippen LogP) is 2.72. The average molecular weight is 487 g/mol. The molecule has 0 aliphatic heterocycles. The van der Waals surface area contributed by atoms with Gasteiger partial charge in [0.1, 0.15) is 5.75 Å². The molecule has 1 amide bonds. The fourth-order valence-electron chi connectivity index (χ4n) is 2.66. The minimum Gasteiger partial charge on any atom is -0.494 e. The minimum atomic E-state index is -4.01. The molecule has 0 aliphatic rings. The van der Waals surface area contributed by atoms with E-state index in [1.54, 1.807) is 54.6 Å². The summed E-state index contributed by atoms with van der Waals surface area (Å²) in [6, 6.07) is 15.6. The van der Waals surface area contributed by atoms with Crippen molar-refractivity contribution in [2.45, 2.75) is 17.8 Å². The van der Waals surface area contributed by atoms with Crippen LogP contribution in [0.2, 0.25) is 0 Å². The summed E-state index contributed by atoms with van der Waals surface area (Å²) in [5.41, 5.74) is 1.11. The summed E-state index contributed by atoms with van der Waals surface area (Å²) in [5, 5.41) is 13.8. The van der Waals surface area contributed by atoms with Gasteiger partial charge in [0, 0.05) is 11.1 Å². The molecule has 2 aromatic carbocycles. The number of rotatable bonds is 9. The fourth-order valence-corrected chi connectivity index (χ4v) is 4.57. The minimum absolute atomic E-state index is 0.0554. The first-order valence-electron chi connectivity index (χ1n) is 9.70. The van der Waals surface area contributed by atoms with Crippen LogP contribution in [0.5, 0.6) is 5.75 Å². The number of carbonyl (C=O) groups is 1. The number of anilines is 1. The molecule has 13 heteroatoms. The molecule has 0 fully saturated rings. The monoisotopic (exact) mass is 486 g/mol. The highest BCUT2D eigenvalue weighted by molar-refractivity contribution is 7.91. The molecule has 170 valence electrons. The third-order valence-electron chi connectivity index (χ3n) is 4.20. The zero-order valence-electron chi connectivity index (χ0n) is 17.3. The Kier molecular flexibility index (Phi) is 6.72. The van der Waals surface area contributed by atoms with Crippen LogP contribution >= 0.6 is 11.3 Å². The molecule has 0 spiro atoms. The first kappa shape index (κ1) is 22.5. The number of sulfonamides is 1. The molecule has 0 aliphatic carbocycles. The highest BCUT2D eigenvalue weighted by Gasteiger charge is 2.22. The van der Waals surface area contributed by atoms with Crippen molar-refractivity contribution in [1.29, 1.82) is 0 Å². The molecule has 33 heavy (non-hydrogen) atoms. The first-order valence-corrected chi connectivity index (χ1v) is 12.0. The molecule has 4 rings (SSSR count). The molecule has 11 nitrogen and oxygen atoms in total. The van der Waals surface area contributed by atoms with E-state index in [1.807, 2.05) is 6.92 Å². The summed E-state index contributed by atoms with van der Waals surface area (Å²) in [6.07, 6.45) is 0. The van der Waals surface area contributed by atoms with Crippen LogP contribution in [-0.4, -0.2) is 41.3 Å². The lowest BCUT2D eigenvalue weighted by molar-refractivity contribution is 0.102. The third kappa shape index (κ3) is 5.58. The topological polar surface area (TPSA) is 149 Å². The van der Waals surface area contributed by atoms with Crippen molar-refractivity contribution >= 4 is 32.4 Å². The lowest BCUT2D eigenvalue weighted by atomic mass is 10.2. The van der Waals surface area contributed by atoms with E-state index in [9.17, 15) is 13.2 Å².